The lowest BCUT2D eigenvalue weighted by Gasteiger charge is -2.05. The molecule has 0 aliphatic rings. The van der Waals surface area contributed by atoms with Gasteiger partial charge >= 0.3 is 0 Å². The Hall–Kier alpha value is -1.81. The van der Waals surface area contributed by atoms with Gasteiger partial charge in [-0.25, -0.2) is 0 Å². The molecule has 1 heterocycles. The van der Waals surface area contributed by atoms with Crippen LogP contribution in [0.1, 0.15) is 27.3 Å². The fourth-order valence-corrected chi connectivity index (χ4v) is 2.20. The van der Waals surface area contributed by atoms with E-state index in [1.54, 1.807) is 29.9 Å². The zero-order chi connectivity index (χ0) is 14.2. The number of benzene rings is 1. The lowest BCUT2D eigenvalue weighted by molar-refractivity contribution is 0.0990. The largest absolute Gasteiger partial charge is 0.399 e. The molecule has 0 spiro atoms. The average Bonchev–Trinajstić information content (AvgIpc) is 2.59. The molecule has 5 heteroatoms. The summed E-state index contributed by atoms with van der Waals surface area (Å²) in [5.74, 6) is 0.00741. The fourth-order valence-electron chi connectivity index (χ4n) is 1.98. The Morgan fingerprint density at radius 2 is 2.11 bits per heavy atom. The van der Waals surface area contributed by atoms with Gasteiger partial charge in [-0.3, -0.25) is 9.48 Å². The standard InChI is InChI=1S/C14H16ClN3O/c1-8-6-10(4-5-11(8)16)13(19)7-12-14(15)9(2)17-18(12)3/h4-6H,7,16H2,1-3H3. The van der Waals surface area contributed by atoms with Crippen LogP contribution in [0.25, 0.3) is 0 Å². The third kappa shape index (κ3) is 2.63. The number of rotatable bonds is 3. The molecule has 2 aromatic rings. The van der Waals surface area contributed by atoms with Gasteiger partial charge in [0.2, 0.25) is 0 Å². The molecule has 0 aliphatic carbocycles. The molecule has 0 saturated heterocycles. The van der Waals surface area contributed by atoms with Crippen molar-refractivity contribution in [2.24, 2.45) is 7.05 Å². The summed E-state index contributed by atoms with van der Waals surface area (Å²) in [6, 6.07) is 5.29. The van der Waals surface area contributed by atoms with Crippen LogP contribution in [0, 0.1) is 13.8 Å². The highest BCUT2D eigenvalue weighted by Gasteiger charge is 2.16. The monoisotopic (exact) mass is 277 g/mol. The summed E-state index contributed by atoms with van der Waals surface area (Å²) in [5.41, 5.74) is 9.45. The quantitative estimate of drug-likeness (QED) is 0.693. The maximum Gasteiger partial charge on any atom is 0.168 e. The first-order chi connectivity index (χ1) is 8.90. The number of nitrogens with zero attached hydrogens (tertiary/aromatic N) is 2. The van der Waals surface area contributed by atoms with Crippen molar-refractivity contribution >= 4 is 23.1 Å². The van der Waals surface area contributed by atoms with E-state index in [0.717, 1.165) is 17.0 Å². The molecule has 4 nitrogen and oxygen atoms in total. The van der Waals surface area contributed by atoms with Crippen molar-refractivity contribution in [2.45, 2.75) is 20.3 Å². The van der Waals surface area contributed by atoms with Crippen LogP contribution in [0.2, 0.25) is 5.02 Å². The molecule has 0 atom stereocenters. The molecule has 19 heavy (non-hydrogen) atoms. The van der Waals surface area contributed by atoms with Gasteiger partial charge in [0.05, 0.1) is 22.8 Å². The molecule has 0 unspecified atom stereocenters. The van der Waals surface area contributed by atoms with Crippen LogP contribution in [0.4, 0.5) is 5.69 Å². The van der Waals surface area contributed by atoms with Gasteiger partial charge in [0.25, 0.3) is 0 Å². The molecular weight excluding hydrogens is 262 g/mol. The number of hydrogen-bond acceptors (Lipinski definition) is 3. The lowest BCUT2D eigenvalue weighted by atomic mass is 10.0. The normalized spacial score (nSPS) is 10.7. The number of aromatic nitrogens is 2. The van der Waals surface area contributed by atoms with Gasteiger partial charge in [-0.05, 0) is 37.6 Å². The van der Waals surface area contributed by atoms with E-state index in [4.69, 9.17) is 17.3 Å². The smallest absolute Gasteiger partial charge is 0.168 e. The number of nitrogens with two attached hydrogens (primary N) is 1. The SMILES string of the molecule is Cc1cc(C(=O)Cc2c(Cl)c(C)nn2C)ccc1N. The van der Waals surface area contributed by atoms with Crippen LogP contribution < -0.4 is 5.73 Å². The van der Waals surface area contributed by atoms with Crippen molar-refractivity contribution in [3.05, 3.63) is 45.7 Å². The Morgan fingerprint density at radius 3 is 2.63 bits per heavy atom. The van der Waals surface area contributed by atoms with E-state index in [2.05, 4.69) is 5.10 Å². The Morgan fingerprint density at radius 1 is 1.42 bits per heavy atom. The number of hydrogen-bond donors (Lipinski definition) is 1. The lowest BCUT2D eigenvalue weighted by Crippen LogP contribution is -2.09. The van der Waals surface area contributed by atoms with Crippen LogP contribution in [0.5, 0.6) is 0 Å². The van der Waals surface area contributed by atoms with Gasteiger partial charge < -0.3 is 5.73 Å². The summed E-state index contributed by atoms with van der Waals surface area (Å²) in [4.78, 5) is 12.3. The molecule has 0 amide bonds. The second-order valence-electron chi connectivity index (χ2n) is 4.64. The first-order valence-corrected chi connectivity index (χ1v) is 6.35. The molecule has 2 rings (SSSR count). The van der Waals surface area contributed by atoms with Crippen molar-refractivity contribution in [3.8, 4) is 0 Å². The van der Waals surface area contributed by atoms with Crippen LogP contribution in [0.15, 0.2) is 18.2 Å². The molecular formula is C14H16ClN3O. The van der Waals surface area contributed by atoms with E-state index in [1.807, 2.05) is 13.8 Å². The highest BCUT2D eigenvalue weighted by Crippen LogP contribution is 2.22. The number of ketones is 1. The van der Waals surface area contributed by atoms with Crippen LogP contribution in [-0.2, 0) is 13.5 Å². The second kappa shape index (κ2) is 5.05. The maximum atomic E-state index is 12.3. The Balaban J connectivity index is 2.28. The molecule has 2 N–H and O–H groups in total. The van der Waals surface area contributed by atoms with Crippen molar-refractivity contribution in [1.29, 1.82) is 0 Å². The number of Topliss-reactive ketones (excluding diaryl/α,β-unsaturated/α-hetero) is 1. The van der Waals surface area contributed by atoms with Crippen LogP contribution in [-0.4, -0.2) is 15.6 Å². The molecule has 1 aromatic carbocycles. The minimum absolute atomic E-state index is 0.00741. The summed E-state index contributed by atoms with van der Waals surface area (Å²) in [7, 11) is 1.79. The zero-order valence-corrected chi connectivity index (χ0v) is 12.0. The van der Waals surface area contributed by atoms with Gasteiger partial charge in [-0.2, -0.15) is 5.10 Å². The predicted octanol–water partition coefficient (Wildman–Crippen LogP) is 2.70. The third-order valence-electron chi connectivity index (χ3n) is 3.18. The Bertz CT molecular complexity index is 646. The number of halogens is 1. The Labute approximate surface area is 117 Å². The van der Waals surface area contributed by atoms with Gasteiger partial charge in [-0.15, -0.1) is 0 Å². The molecule has 0 saturated carbocycles. The first kappa shape index (κ1) is 13.6. The molecule has 100 valence electrons. The maximum absolute atomic E-state index is 12.3. The van der Waals surface area contributed by atoms with E-state index in [1.165, 1.54) is 0 Å². The van der Waals surface area contributed by atoms with E-state index in [9.17, 15) is 4.79 Å². The van der Waals surface area contributed by atoms with E-state index in [0.29, 0.717) is 16.3 Å². The van der Waals surface area contributed by atoms with Gasteiger partial charge in [0.1, 0.15) is 0 Å². The summed E-state index contributed by atoms with van der Waals surface area (Å²) in [5, 5.41) is 4.76. The predicted molar refractivity (Wildman–Crippen MR) is 76.6 cm³/mol. The molecule has 1 aromatic heterocycles. The fraction of sp³-hybridized carbons (Fsp3) is 0.286. The van der Waals surface area contributed by atoms with Crippen molar-refractivity contribution in [1.82, 2.24) is 9.78 Å². The number of carbonyl (C=O) groups excluding carboxylic acids is 1. The Kier molecular flexibility index (Phi) is 3.62. The van der Waals surface area contributed by atoms with Crippen LogP contribution >= 0.6 is 11.6 Å². The summed E-state index contributed by atoms with van der Waals surface area (Å²) >= 11 is 6.15. The molecule has 0 bridgehead atoms. The minimum Gasteiger partial charge on any atom is -0.399 e. The zero-order valence-electron chi connectivity index (χ0n) is 11.2. The summed E-state index contributed by atoms with van der Waals surface area (Å²) in [6.45, 7) is 3.71. The number of carbonyl (C=O) groups is 1. The van der Waals surface area contributed by atoms with E-state index < -0.39 is 0 Å². The molecule has 0 aliphatic heterocycles. The van der Waals surface area contributed by atoms with Gasteiger partial charge in [-0.1, -0.05) is 11.6 Å². The second-order valence-corrected chi connectivity index (χ2v) is 5.02. The van der Waals surface area contributed by atoms with E-state index in [-0.39, 0.29) is 12.2 Å². The average molecular weight is 278 g/mol. The topological polar surface area (TPSA) is 60.9 Å². The highest BCUT2D eigenvalue weighted by atomic mass is 35.5. The van der Waals surface area contributed by atoms with Gasteiger partial charge in [0.15, 0.2) is 5.78 Å². The summed E-state index contributed by atoms with van der Waals surface area (Å²) < 4.78 is 1.65. The van der Waals surface area contributed by atoms with Crippen LogP contribution in [0.3, 0.4) is 0 Å². The molecule has 0 radical (unpaired) electrons. The van der Waals surface area contributed by atoms with Crippen molar-refractivity contribution in [3.63, 3.8) is 0 Å². The van der Waals surface area contributed by atoms with Crippen molar-refractivity contribution in [2.75, 3.05) is 5.73 Å². The first-order valence-electron chi connectivity index (χ1n) is 5.97. The third-order valence-corrected chi connectivity index (χ3v) is 3.67. The van der Waals surface area contributed by atoms with Gasteiger partial charge in [0, 0.05) is 18.3 Å². The highest BCUT2D eigenvalue weighted by molar-refractivity contribution is 6.32. The number of aryl methyl sites for hydroxylation is 3. The summed E-state index contributed by atoms with van der Waals surface area (Å²) in [6.07, 6.45) is 0.236. The number of anilines is 1. The van der Waals surface area contributed by atoms with Crippen molar-refractivity contribution < 1.29 is 4.79 Å². The van der Waals surface area contributed by atoms with E-state index >= 15 is 0 Å². The minimum atomic E-state index is 0.00741. The molecule has 0 fully saturated rings. The number of nitrogen functional groups attached to an aromatic ring is 1.